The van der Waals surface area contributed by atoms with Crippen molar-refractivity contribution in [2.75, 3.05) is 7.11 Å². The molecule has 0 radical (unpaired) electrons. The predicted octanol–water partition coefficient (Wildman–Crippen LogP) is 3.19. The minimum absolute atomic E-state index is 0.0983. The normalized spacial score (nSPS) is 10.4. The molecular weight excluding hydrogens is 393 g/mol. The molecule has 4 nitrogen and oxygen atoms in total. The second-order valence-corrected chi connectivity index (χ2v) is 5.75. The van der Waals surface area contributed by atoms with Crippen molar-refractivity contribution in [3.8, 4) is 5.69 Å². The first kappa shape index (κ1) is 15.1. The van der Waals surface area contributed by atoms with E-state index in [0.29, 0.717) is 11.4 Å². The smallest absolute Gasteiger partial charge is 0.341 e. The summed E-state index contributed by atoms with van der Waals surface area (Å²) in [4.78, 5) is 23.9. The first-order valence-electron chi connectivity index (χ1n) is 5.72. The van der Waals surface area contributed by atoms with Crippen molar-refractivity contribution in [1.29, 1.82) is 0 Å². The number of rotatable bonds is 2. The van der Waals surface area contributed by atoms with Gasteiger partial charge in [-0.25, -0.2) is 4.79 Å². The maximum absolute atomic E-state index is 12.1. The molecule has 2 aromatic rings. The number of aromatic nitrogens is 1. The van der Waals surface area contributed by atoms with E-state index in [0.717, 1.165) is 3.57 Å². The van der Waals surface area contributed by atoms with Crippen molar-refractivity contribution < 1.29 is 9.53 Å². The van der Waals surface area contributed by atoms with Crippen LogP contribution in [0.1, 0.15) is 16.1 Å². The molecule has 0 saturated carbocycles. The van der Waals surface area contributed by atoms with Crippen LogP contribution < -0.4 is 5.56 Å². The molecule has 1 aromatic carbocycles. The highest BCUT2D eigenvalue weighted by Gasteiger charge is 2.19. The van der Waals surface area contributed by atoms with Crippen LogP contribution in [0, 0.1) is 10.5 Å². The predicted molar refractivity (Wildman–Crippen MR) is 85.8 cm³/mol. The van der Waals surface area contributed by atoms with Crippen LogP contribution in [-0.4, -0.2) is 17.6 Å². The molecule has 0 fully saturated rings. The third kappa shape index (κ3) is 2.73. The molecule has 0 aliphatic heterocycles. The van der Waals surface area contributed by atoms with E-state index in [-0.39, 0.29) is 16.1 Å². The lowest BCUT2D eigenvalue weighted by Gasteiger charge is -2.14. The van der Waals surface area contributed by atoms with Crippen LogP contribution in [0.5, 0.6) is 0 Å². The van der Waals surface area contributed by atoms with Crippen LogP contribution >= 0.6 is 34.2 Å². The summed E-state index contributed by atoms with van der Waals surface area (Å²) in [5, 5.41) is 0.0983. The fourth-order valence-corrected chi connectivity index (χ4v) is 2.62. The van der Waals surface area contributed by atoms with Crippen molar-refractivity contribution >= 4 is 40.2 Å². The van der Waals surface area contributed by atoms with E-state index in [4.69, 9.17) is 16.3 Å². The largest absolute Gasteiger partial charge is 0.465 e. The summed E-state index contributed by atoms with van der Waals surface area (Å²) >= 11 is 8.16. The minimum Gasteiger partial charge on any atom is -0.465 e. The second-order valence-electron chi connectivity index (χ2n) is 4.09. The Labute approximate surface area is 134 Å². The SMILES string of the molecule is COC(=O)c1c(Cl)cc(=O)n(-c2ccc(I)cc2)c1C. The van der Waals surface area contributed by atoms with E-state index in [1.54, 1.807) is 6.92 Å². The molecule has 2 rings (SSSR count). The molecule has 1 heterocycles. The lowest BCUT2D eigenvalue weighted by Crippen LogP contribution is -2.23. The highest BCUT2D eigenvalue weighted by atomic mass is 127. The molecular formula is C14H11ClINO3. The Bertz CT molecular complexity index is 722. The average molecular weight is 404 g/mol. The van der Waals surface area contributed by atoms with Gasteiger partial charge in [0.25, 0.3) is 5.56 Å². The molecule has 0 aliphatic carbocycles. The summed E-state index contributed by atoms with van der Waals surface area (Å²) in [5.41, 5.74) is 1.04. The van der Waals surface area contributed by atoms with E-state index < -0.39 is 5.97 Å². The highest BCUT2D eigenvalue weighted by Crippen LogP contribution is 2.21. The van der Waals surface area contributed by atoms with Crippen molar-refractivity contribution in [3.63, 3.8) is 0 Å². The molecule has 0 unspecified atom stereocenters. The quantitative estimate of drug-likeness (QED) is 0.572. The molecule has 1 aromatic heterocycles. The number of hydrogen-bond acceptors (Lipinski definition) is 3. The fraction of sp³-hybridized carbons (Fsp3) is 0.143. The Kier molecular flexibility index (Phi) is 4.49. The van der Waals surface area contributed by atoms with Crippen LogP contribution in [0.25, 0.3) is 5.69 Å². The van der Waals surface area contributed by atoms with Gasteiger partial charge in [-0.3, -0.25) is 9.36 Å². The van der Waals surface area contributed by atoms with Crippen LogP contribution in [0.2, 0.25) is 5.02 Å². The second kappa shape index (κ2) is 5.97. The number of ether oxygens (including phenoxy) is 1. The minimum atomic E-state index is -0.563. The van der Waals surface area contributed by atoms with Gasteiger partial charge in [0.05, 0.1) is 17.7 Å². The maximum Gasteiger partial charge on any atom is 0.341 e. The number of benzene rings is 1. The van der Waals surface area contributed by atoms with Crippen molar-refractivity contribution in [1.82, 2.24) is 4.57 Å². The van der Waals surface area contributed by atoms with Crippen LogP contribution in [-0.2, 0) is 4.74 Å². The molecule has 0 saturated heterocycles. The van der Waals surface area contributed by atoms with Crippen molar-refractivity contribution in [3.05, 3.63) is 60.5 Å². The van der Waals surface area contributed by atoms with Crippen LogP contribution in [0.3, 0.4) is 0 Å². The molecule has 0 N–H and O–H groups in total. The number of halogens is 2. The number of methoxy groups -OCH3 is 1. The summed E-state index contributed by atoms with van der Waals surface area (Å²) in [5.74, 6) is -0.563. The number of carbonyl (C=O) groups is 1. The number of nitrogens with zero attached hydrogens (tertiary/aromatic N) is 1. The van der Waals surface area contributed by atoms with Gasteiger partial charge in [0.2, 0.25) is 0 Å². The highest BCUT2D eigenvalue weighted by molar-refractivity contribution is 14.1. The molecule has 0 amide bonds. The van der Waals surface area contributed by atoms with Gasteiger partial charge >= 0.3 is 5.97 Å². The zero-order chi connectivity index (χ0) is 14.9. The molecule has 20 heavy (non-hydrogen) atoms. The van der Waals surface area contributed by atoms with Gasteiger partial charge in [-0.1, -0.05) is 11.6 Å². The van der Waals surface area contributed by atoms with Gasteiger partial charge in [-0.15, -0.1) is 0 Å². The lowest BCUT2D eigenvalue weighted by atomic mass is 10.2. The molecule has 0 atom stereocenters. The van der Waals surface area contributed by atoms with Crippen LogP contribution in [0.4, 0.5) is 0 Å². The summed E-state index contributed by atoms with van der Waals surface area (Å²) in [6.07, 6.45) is 0. The number of pyridine rings is 1. The van der Waals surface area contributed by atoms with E-state index >= 15 is 0 Å². The summed E-state index contributed by atoms with van der Waals surface area (Å²) < 4.78 is 7.20. The first-order chi connectivity index (χ1) is 9.45. The third-order valence-electron chi connectivity index (χ3n) is 2.88. The molecule has 6 heteroatoms. The average Bonchev–Trinajstić information content (AvgIpc) is 2.40. The molecule has 0 aliphatic rings. The Morgan fingerprint density at radius 3 is 2.45 bits per heavy atom. The zero-order valence-corrected chi connectivity index (χ0v) is 13.7. The van der Waals surface area contributed by atoms with E-state index in [1.807, 2.05) is 24.3 Å². The van der Waals surface area contributed by atoms with Crippen molar-refractivity contribution in [2.24, 2.45) is 0 Å². The topological polar surface area (TPSA) is 48.3 Å². The first-order valence-corrected chi connectivity index (χ1v) is 7.17. The molecule has 0 bridgehead atoms. The standard InChI is InChI=1S/C14H11ClINO3/c1-8-13(14(19)20-2)11(15)7-12(18)17(8)10-5-3-9(16)4-6-10/h3-7H,1-2H3. The van der Waals surface area contributed by atoms with Gasteiger partial charge in [-0.05, 0) is 53.8 Å². The Balaban J connectivity index is 2.74. The van der Waals surface area contributed by atoms with Gasteiger partial charge in [0, 0.05) is 21.0 Å². The number of esters is 1. The lowest BCUT2D eigenvalue weighted by molar-refractivity contribution is 0.0599. The Hall–Kier alpha value is -1.34. The zero-order valence-electron chi connectivity index (χ0n) is 10.8. The molecule has 0 spiro atoms. The fourth-order valence-electron chi connectivity index (χ4n) is 1.95. The van der Waals surface area contributed by atoms with Crippen LogP contribution in [0.15, 0.2) is 35.1 Å². The van der Waals surface area contributed by atoms with Gasteiger partial charge in [0.15, 0.2) is 0 Å². The number of carbonyl (C=O) groups excluding carboxylic acids is 1. The summed E-state index contributed by atoms with van der Waals surface area (Å²) in [6.45, 7) is 1.66. The maximum atomic E-state index is 12.1. The molecule has 104 valence electrons. The van der Waals surface area contributed by atoms with E-state index in [9.17, 15) is 9.59 Å². The van der Waals surface area contributed by atoms with Gasteiger partial charge in [0.1, 0.15) is 0 Å². The monoisotopic (exact) mass is 403 g/mol. The van der Waals surface area contributed by atoms with E-state index in [1.165, 1.54) is 17.7 Å². The Morgan fingerprint density at radius 2 is 1.90 bits per heavy atom. The van der Waals surface area contributed by atoms with Gasteiger partial charge < -0.3 is 4.74 Å². The summed E-state index contributed by atoms with van der Waals surface area (Å²) in [7, 11) is 1.28. The van der Waals surface area contributed by atoms with Gasteiger partial charge in [-0.2, -0.15) is 0 Å². The van der Waals surface area contributed by atoms with Crippen molar-refractivity contribution in [2.45, 2.75) is 6.92 Å². The van der Waals surface area contributed by atoms with E-state index in [2.05, 4.69) is 22.6 Å². The third-order valence-corrected chi connectivity index (χ3v) is 3.90. The Morgan fingerprint density at radius 1 is 1.30 bits per heavy atom. The summed E-state index contributed by atoms with van der Waals surface area (Å²) in [6, 6.07) is 8.61. The number of hydrogen-bond donors (Lipinski definition) is 0.